The molecule has 4 nitrogen and oxygen atoms in total. The first-order chi connectivity index (χ1) is 7.65. The van der Waals surface area contributed by atoms with E-state index in [-0.39, 0.29) is 0 Å². The Kier molecular flexibility index (Phi) is 3.22. The molecule has 0 amide bonds. The molecule has 1 saturated heterocycles. The second kappa shape index (κ2) is 4.63. The van der Waals surface area contributed by atoms with Crippen molar-refractivity contribution < 1.29 is 9.90 Å². The Bertz CT molecular complexity index is 375. The van der Waals surface area contributed by atoms with Crippen LogP contribution in [0.2, 0.25) is 0 Å². The van der Waals surface area contributed by atoms with Crippen molar-refractivity contribution in [1.82, 2.24) is 9.80 Å². The van der Waals surface area contributed by atoms with E-state index in [1.54, 1.807) is 12.1 Å². The van der Waals surface area contributed by atoms with E-state index < -0.39 is 5.97 Å². The molecular weight excluding hydrogens is 204 g/mol. The molecule has 16 heavy (non-hydrogen) atoms. The van der Waals surface area contributed by atoms with Gasteiger partial charge in [0, 0.05) is 19.6 Å². The van der Waals surface area contributed by atoms with E-state index in [9.17, 15) is 4.79 Å². The van der Waals surface area contributed by atoms with Crippen LogP contribution in [0, 0.1) is 0 Å². The third-order valence-corrected chi connectivity index (χ3v) is 2.85. The van der Waals surface area contributed by atoms with Gasteiger partial charge in [-0.05, 0) is 24.7 Å². The van der Waals surface area contributed by atoms with Gasteiger partial charge < -0.3 is 5.11 Å². The van der Waals surface area contributed by atoms with Crippen molar-refractivity contribution in [2.75, 3.05) is 26.8 Å². The molecule has 1 fully saturated rings. The molecule has 1 aromatic carbocycles. The van der Waals surface area contributed by atoms with E-state index in [1.165, 1.54) is 5.56 Å². The van der Waals surface area contributed by atoms with Crippen LogP contribution in [-0.4, -0.2) is 47.7 Å². The molecule has 0 aliphatic carbocycles. The third kappa shape index (κ3) is 2.59. The number of likely N-dealkylation sites (N-methyl/N-ethyl adjacent to an activating group) is 1. The smallest absolute Gasteiger partial charge is 0.335 e. The van der Waals surface area contributed by atoms with Crippen molar-refractivity contribution in [2.45, 2.75) is 6.54 Å². The first-order valence-electron chi connectivity index (χ1n) is 5.38. The van der Waals surface area contributed by atoms with E-state index >= 15 is 0 Å². The minimum absolute atomic E-state index is 0.349. The molecule has 0 atom stereocenters. The molecule has 0 aromatic heterocycles. The third-order valence-electron chi connectivity index (χ3n) is 2.85. The van der Waals surface area contributed by atoms with E-state index in [1.807, 2.05) is 12.1 Å². The van der Waals surface area contributed by atoms with Gasteiger partial charge in [-0.3, -0.25) is 9.80 Å². The van der Waals surface area contributed by atoms with Crippen molar-refractivity contribution in [3.05, 3.63) is 35.4 Å². The molecule has 2 rings (SSSR count). The summed E-state index contributed by atoms with van der Waals surface area (Å²) < 4.78 is 0. The first-order valence-corrected chi connectivity index (χ1v) is 5.38. The topological polar surface area (TPSA) is 43.8 Å². The first kappa shape index (κ1) is 11.1. The van der Waals surface area contributed by atoms with Crippen LogP contribution < -0.4 is 0 Å². The summed E-state index contributed by atoms with van der Waals surface area (Å²) in [6, 6.07) is 7.11. The van der Waals surface area contributed by atoms with E-state index in [0.717, 1.165) is 26.3 Å². The highest BCUT2D eigenvalue weighted by Gasteiger charge is 2.16. The summed E-state index contributed by atoms with van der Waals surface area (Å²) in [5.74, 6) is -0.868. The van der Waals surface area contributed by atoms with Gasteiger partial charge in [-0.15, -0.1) is 0 Å². The van der Waals surface area contributed by atoms with Crippen LogP contribution in [0.25, 0.3) is 0 Å². The number of nitrogens with zero attached hydrogens (tertiary/aromatic N) is 2. The highest BCUT2D eigenvalue weighted by molar-refractivity contribution is 5.87. The van der Waals surface area contributed by atoms with E-state index in [2.05, 4.69) is 16.8 Å². The Morgan fingerprint density at radius 2 is 2.00 bits per heavy atom. The Labute approximate surface area is 95.1 Å². The van der Waals surface area contributed by atoms with Crippen LogP contribution in [0.5, 0.6) is 0 Å². The van der Waals surface area contributed by atoms with Crippen LogP contribution in [0.3, 0.4) is 0 Å². The number of benzene rings is 1. The van der Waals surface area contributed by atoms with Gasteiger partial charge in [-0.1, -0.05) is 12.1 Å². The van der Waals surface area contributed by atoms with Crippen LogP contribution in [0.1, 0.15) is 15.9 Å². The number of rotatable bonds is 3. The summed E-state index contributed by atoms with van der Waals surface area (Å²) in [5.41, 5.74) is 1.52. The minimum atomic E-state index is -0.868. The molecule has 1 aliphatic heterocycles. The normalized spacial score (nSPS) is 17.8. The number of hydrogen-bond donors (Lipinski definition) is 1. The molecule has 0 spiro atoms. The predicted molar refractivity (Wildman–Crippen MR) is 61.3 cm³/mol. The van der Waals surface area contributed by atoms with Gasteiger partial charge in [0.2, 0.25) is 0 Å². The molecule has 0 unspecified atom stereocenters. The largest absolute Gasteiger partial charge is 0.478 e. The Morgan fingerprint density at radius 1 is 1.31 bits per heavy atom. The summed E-state index contributed by atoms with van der Waals surface area (Å²) in [4.78, 5) is 15.3. The van der Waals surface area contributed by atoms with Crippen molar-refractivity contribution in [3.63, 3.8) is 0 Å². The summed E-state index contributed by atoms with van der Waals surface area (Å²) in [7, 11) is 2.10. The fourth-order valence-electron chi connectivity index (χ4n) is 1.93. The van der Waals surface area contributed by atoms with Gasteiger partial charge in [0.05, 0.1) is 12.2 Å². The van der Waals surface area contributed by atoms with Crippen molar-refractivity contribution in [2.24, 2.45) is 0 Å². The molecular formula is C12H16N2O2. The number of hydrogen-bond acceptors (Lipinski definition) is 3. The lowest BCUT2D eigenvalue weighted by Gasteiger charge is -2.15. The fourth-order valence-corrected chi connectivity index (χ4v) is 1.93. The summed E-state index contributed by atoms with van der Waals surface area (Å²) in [6.45, 7) is 4.06. The molecule has 1 N–H and O–H groups in total. The zero-order valence-corrected chi connectivity index (χ0v) is 9.39. The molecule has 0 radical (unpaired) electrons. The lowest BCUT2D eigenvalue weighted by Crippen LogP contribution is -2.22. The maximum atomic E-state index is 10.7. The summed E-state index contributed by atoms with van der Waals surface area (Å²) in [6.07, 6.45) is 0. The molecule has 1 heterocycles. The van der Waals surface area contributed by atoms with Crippen LogP contribution >= 0.6 is 0 Å². The Morgan fingerprint density at radius 3 is 2.50 bits per heavy atom. The number of aromatic carboxylic acids is 1. The average molecular weight is 220 g/mol. The zero-order chi connectivity index (χ0) is 11.5. The standard InChI is InChI=1S/C12H16N2O2/c1-13-6-7-14(9-13)8-10-2-4-11(5-3-10)12(15)16/h2-5H,6-9H2,1H3,(H,15,16). The van der Waals surface area contributed by atoms with Crippen molar-refractivity contribution in [3.8, 4) is 0 Å². The van der Waals surface area contributed by atoms with Crippen molar-refractivity contribution in [1.29, 1.82) is 0 Å². The monoisotopic (exact) mass is 220 g/mol. The minimum Gasteiger partial charge on any atom is -0.478 e. The van der Waals surface area contributed by atoms with Gasteiger partial charge >= 0.3 is 5.97 Å². The quantitative estimate of drug-likeness (QED) is 0.828. The average Bonchev–Trinajstić information content (AvgIpc) is 2.65. The van der Waals surface area contributed by atoms with Crippen LogP contribution in [-0.2, 0) is 6.54 Å². The fraction of sp³-hybridized carbons (Fsp3) is 0.417. The molecule has 0 bridgehead atoms. The SMILES string of the molecule is CN1CCN(Cc2ccc(C(=O)O)cc2)C1. The lowest BCUT2D eigenvalue weighted by molar-refractivity contribution is 0.0697. The highest BCUT2D eigenvalue weighted by atomic mass is 16.4. The second-order valence-electron chi connectivity index (χ2n) is 4.28. The Balaban J connectivity index is 1.97. The molecule has 0 saturated carbocycles. The van der Waals surface area contributed by atoms with Crippen LogP contribution in [0.15, 0.2) is 24.3 Å². The summed E-state index contributed by atoms with van der Waals surface area (Å²) >= 11 is 0. The predicted octanol–water partition coefficient (Wildman–Crippen LogP) is 1.09. The number of carboxylic acids is 1. The van der Waals surface area contributed by atoms with Gasteiger partial charge in [-0.2, -0.15) is 0 Å². The second-order valence-corrected chi connectivity index (χ2v) is 4.28. The molecule has 4 heteroatoms. The number of carboxylic acid groups (broad SMARTS) is 1. The maximum Gasteiger partial charge on any atom is 0.335 e. The van der Waals surface area contributed by atoms with Gasteiger partial charge in [0.15, 0.2) is 0 Å². The number of carbonyl (C=O) groups is 1. The van der Waals surface area contributed by atoms with E-state index in [4.69, 9.17) is 5.11 Å². The van der Waals surface area contributed by atoms with Gasteiger partial charge in [0.1, 0.15) is 0 Å². The maximum absolute atomic E-state index is 10.7. The summed E-state index contributed by atoms with van der Waals surface area (Å²) in [5, 5.41) is 8.78. The van der Waals surface area contributed by atoms with Gasteiger partial charge in [0.25, 0.3) is 0 Å². The lowest BCUT2D eigenvalue weighted by atomic mass is 10.1. The Hall–Kier alpha value is -1.39. The highest BCUT2D eigenvalue weighted by Crippen LogP contribution is 2.10. The zero-order valence-electron chi connectivity index (χ0n) is 9.39. The van der Waals surface area contributed by atoms with Crippen molar-refractivity contribution >= 4 is 5.97 Å². The molecule has 86 valence electrons. The molecule has 1 aliphatic rings. The molecule has 1 aromatic rings. The van der Waals surface area contributed by atoms with E-state index in [0.29, 0.717) is 5.56 Å². The van der Waals surface area contributed by atoms with Gasteiger partial charge in [-0.25, -0.2) is 4.79 Å². The van der Waals surface area contributed by atoms with Crippen LogP contribution in [0.4, 0.5) is 0 Å².